The Hall–Kier alpha value is -3.03. The summed E-state index contributed by atoms with van der Waals surface area (Å²) in [6.07, 6.45) is -4.02. The monoisotopic (exact) mass is 546 g/mol. The fraction of sp³-hybridized carbons (Fsp3) is 0.458. The number of carbonyl (C=O) groups is 3. The minimum Gasteiger partial charge on any atom is -0.480 e. The van der Waals surface area contributed by atoms with Gasteiger partial charge in [0.15, 0.2) is 0 Å². The highest BCUT2D eigenvalue weighted by atomic mass is 32.2. The zero-order valence-corrected chi connectivity index (χ0v) is 21.2. The fourth-order valence-electron chi connectivity index (χ4n) is 3.25. The van der Waals surface area contributed by atoms with E-state index in [0.29, 0.717) is 31.7 Å². The number of thioether (sulfide) groups is 1. The van der Waals surface area contributed by atoms with Crippen molar-refractivity contribution in [3.05, 3.63) is 42.5 Å². The summed E-state index contributed by atoms with van der Waals surface area (Å²) in [4.78, 5) is 35.3. The highest BCUT2D eigenvalue weighted by Gasteiger charge is 2.38. The molecule has 0 fully saturated rings. The Morgan fingerprint density at radius 3 is 2.27 bits per heavy atom. The topological polar surface area (TPSA) is 159 Å². The van der Waals surface area contributed by atoms with Crippen LogP contribution >= 0.6 is 11.8 Å². The first-order chi connectivity index (χ1) is 17.4. The maximum Gasteiger partial charge on any atom is 0.490 e. The Morgan fingerprint density at radius 1 is 1.11 bits per heavy atom. The van der Waals surface area contributed by atoms with E-state index in [1.165, 1.54) is 4.90 Å². The third kappa shape index (κ3) is 11.3. The van der Waals surface area contributed by atoms with E-state index in [1.807, 2.05) is 49.4 Å². The summed E-state index contributed by atoms with van der Waals surface area (Å²) < 4.78 is 31.7. The molecule has 1 amide bonds. The number of halogens is 3. The predicted octanol–water partition coefficient (Wildman–Crippen LogP) is 2.99. The standard InChI is InChI=1S/C22H32N4O3S.C2HF3O2/c1-2-30-13-12-26(21(27)19(24)8-5-11-23)20(22(28)29)15-25-18-10-9-16-6-3-4-7-17(16)14-18;3-2(4,5)1(6)7/h3-4,6-7,9-10,14,19-20,25H,2,5,8,11-13,15,23-24H2,1H3,(H,28,29);(H,6,7)/t19-,20+;/m1./s1. The molecule has 0 aliphatic heterocycles. The average Bonchev–Trinajstić information content (AvgIpc) is 2.85. The number of fused-ring (bicyclic) bond motifs is 1. The molecule has 2 aromatic carbocycles. The first-order valence-electron chi connectivity index (χ1n) is 11.5. The van der Waals surface area contributed by atoms with E-state index < -0.39 is 30.2 Å². The van der Waals surface area contributed by atoms with E-state index in [4.69, 9.17) is 21.4 Å². The van der Waals surface area contributed by atoms with Crippen LogP contribution in [0.1, 0.15) is 19.8 Å². The number of alkyl halides is 3. The summed E-state index contributed by atoms with van der Waals surface area (Å²) in [6, 6.07) is 12.1. The highest BCUT2D eigenvalue weighted by Crippen LogP contribution is 2.19. The van der Waals surface area contributed by atoms with Crippen LogP contribution in [0.15, 0.2) is 42.5 Å². The molecule has 7 N–H and O–H groups in total. The van der Waals surface area contributed by atoms with Crippen molar-refractivity contribution in [3.63, 3.8) is 0 Å². The third-order valence-corrected chi connectivity index (χ3v) is 6.03. The van der Waals surface area contributed by atoms with Gasteiger partial charge < -0.3 is 31.9 Å². The molecule has 0 aromatic heterocycles. The molecule has 2 atom stereocenters. The molecular weight excluding hydrogens is 513 g/mol. The van der Waals surface area contributed by atoms with Crippen molar-refractivity contribution in [1.82, 2.24) is 4.90 Å². The Labute approximate surface area is 217 Å². The summed E-state index contributed by atoms with van der Waals surface area (Å²) in [5.74, 6) is -2.59. The van der Waals surface area contributed by atoms with Gasteiger partial charge in [-0.2, -0.15) is 24.9 Å². The van der Waals surface area contributed by atoms with Crippen molar-refractivity contribution in [1.29, 1.82) is 0 Å². The number of anilines is 1. The quantitative estimate of drug-likeness (QED) is 0.238. The summed E-state index contributed by atoms with van der Waals surface area (Å²) in [5, 5.41) is 22.3. The molecule has 0 radical (unpaired) electrons. The largest absolute Gasteiger partial charge is 0.490 e. The van der Waals surface area contributed by atoms with Gasteiger partial charge in [0.25, 0.3) is 0 Å². The number of hydrogen-bond acceptors (Lipinski definition) is 7. The number of benzene rings is 2. The van der Waals surface area contributed by atoms with Gasteiger partial charge in [0.2, 0.25) is 5.91 Å². The molecular formula is C24H33F3N4O5S. The van der Waals surface area contributed by atoms with Crippen molar-refractivity contribution in [3.8, 4) is 0 Å². The van der Waals surface area contributed by atoms with Gasteiger partial charge in [0.1, 0.15) is 6.04 Å². The van der Waals surface area contributed by atoms with Crippen molar-refractivity contribution < 1.29 is 37.8 Å². The van der Waals surface area contributed by atoms with Gasteiger partial charge in [-0.3, -0.25) is 4.79 Å². The lowest BCUT2D eigenvalue weighted by Crippen LogP contribution is -2.54. The van der Waals surface area contributed by atoms with Gasteiger partial charge in [-0.05, 0) is 48.0 Å². The number of carboxylic acid groups (broad SMARTS) is 2. The molecule has 0 aliphatic carbocycles. The minimum atomic E-state index is -5.08. The predicted molar refractivity (Wildman–Crippen MR) is 139 cm³/mol. The number of nitrogens with two attached hydrogens (primary N) is 2. The van der Waals surface area contributed by atoms with Crippen molar-refractivity contribution in [2.24, 2.45) is 11.5 Å². The number of hydrogen-bond donors (Lipinski definition) is 5. The first kappa shape index (κ1) is 32.0. The van der Waals surface area contributed by atoms with Gasteiger partial charge >= 0.3 is 18.1 Å². The molecule has 0 spiro atoms. The maximum atomic E-state index is 12.9. The molecule has 0 heterocycles. The number of rotatable bonds is 13. The molecule has 13 heteroatoms. The van der Waals surface area contributed by atoms with E-state index in [9.17, 15) is 27.9 Å². The molecule has 0 unspecified atom stereocenters. The van der Waals surface area contributed by atoms with Crippen LogP contribution in [-0.4, -0.2) is 82.4 Å². The number of nitrogens with zero attached hydrogens (tertiary/aromatic N) is 1. The molecule has 2 aromatic rings. The lowest BCUT2D eigenvalue weighted by Gasteiger charge is -2.31. The smallest absolute Gasteiger partial charge is 0.480 e. The maximum absolute atomic E-state index is 12.9. The van der Waals surface area contributed by atoms with Crippen LogP contribution in [0.25, 0.3) is 10.8 Å². The van der Waals surface area contributed by atoms with Crippen LogP contribution in [0, 0.1) is 0 Å². The van der Waals surface area contributed by atoms with Gasteiger partial charge in [0.05, 0.1) is 6.04 Å². The van der Waals surface area contributed by atoms with Crippen LogP contribution in [0.4, 0.5) is 18.9 Å². The molecule has 9 nitrogen and oxygen atoms in total. The lowest BCUT2D eigenvalue weighted by molar-refractivity contribution is -0.192. The SMILES string of the molecule is CCSCCN(C(=O)[C@H](N)CCCN)[C@@H](CNc1ccc2ccccc2c1)C(=O)O.O=C(O)C(F)(F)F. The number of nitrogens with one attached hydrogen (secondary N) is 1. The van der Waals surface area contributed by atoms with Gasteiger partial charge in [-0.1, -0.05) is 37.3 Å². The van der Waals surface area contributed by atoms with E-state index in [0.717, 1.165) is 22.2 Å². The molecule has 2 rings (SSSR count). The second-order valence-corrected chi connectivity index (χ2v) is 9.26. The molecule has 0 saturated carbocycles. The molecule has 37 heavy (non-hydrogen) atoms. The molecule has 0 aliphatic rings. The van der Waals surface area contributed by atoms with E-state index >= 15 is 0 Å². The normalized spacial score (nSPS) is 12.7. The van der Waals surface area contributed by atoms with Crippen LogP contribution in [0.2, 0.25) is 0 Å². The van der Waals surface area contributed by atoms with E-state index in [2.05, 4.69) is 5.32 Å². The summed E-state index contributed by atoms with van der Waals surface area (Å²) in [7, 11) is 0. The van der Waals surface area contributed by atoms with Crippen LogP contribution in [-0.2, 0) is 14.4 Å². The third-order valence-electron chi connectivity index (χ3n) is 5.15. The molecule has 0 bridgehead atoms. The van der Waals surface area contributed by atoms with Crippen LogP contribution in [0.5, 0.6) is 0 Å². The fourth-order valence-corrected chi connectivity index (χ4v) is 3.86. The van der Waals surface area contributed by atoms with Gasteiger partial charge in [-0.15, -0.1) is 0 Å². The Morgan fingerprint density at radius 2 is 1.73 bits per heavy atom. The average molecular weight is 547 g/mol. The van der Waals surface area contributed by atoms with Crippen LogP contribution in [0.3, 0.4) is 0 Å². The second kappa shape index (κ2) is 15.9. The molecule has 0 saturated heterocycles. The first-order valence-corrected chi connectivity index (χ1v) is 12.7. The number of amides is 1. The Bertz CT molecular complexity index is 1030. The van der Waals surface area contributed by atoms with E-state index in [-0.39, 0.29) is 12.5 Å². The Kier molecular flexibility index (Phi) is 13.8. The van der Waals surface area contributed by atoms with Gasteiger partial charge in [-0.25, -0.2) is 9.59 Å². The number of carbonyl (C=O) groups excluding carboxylic acids is 1. The minimum absolute atomic E-state index is 0.0970. The number of carboxylic acids is 2. The highest BCUT2D eigenvalue weighted by molar-refractivity contribution is 7.99. The van der Waals surface area contributed by atoms with Crippen LogP contribution < -0.4 is 16.8 Å². The summed E-state index contributed by atoms with van der Waals surface area (Å²) in [6.45, 7) is 2.90. The second-order valence-electron chi connectivity index (χ2n) is 7.87. The molecule has 206 valence electrons. The summed E-state index contributed by atoms with van der Waals surface area (Å²) in [5.41, 5.74) is 12.4. The number of aliphatic carboxylic acids is 2. The van der Waals surface area contributed by atoms with Crippen molar-refractivity contribution in [2.75, 3.05) is 36.5 Å². The zero-order chi connectivity index (χ0) is 28.0. The summed E-state index contributed by atoms with van der Waals surface area (Å²) >= 11 is 1.66. The Balaban J connectivity index is 0.000000856. The lowest BCUT2D eigenvalue weighted by atomic mass is 10.1. The zero-order valence-electron chi connectivity index (χ0n) is 20.4. The van der Waals surface area contributed by atoms with Crippen molar-refractivity contribution >= 4 is 46.1 Å². The van der Waals surface area contributed by atoms with Gasteiger partial charge in [0, 0.05) is 24.5 Å². The van der Waals surface area contributed by atoms with E-state index in [1.54, 1.807) is 11.8 Å². The van der Waals surface area contributed by atoms with Crippen molar-refractivity contribution in [2.45, 2.75) is 38.0 Å².